The summed E-state index contributed by atoms with van der Waals surface area (Å²) < 4.78 is 0. The normalized spacial score (nSPS) is 10.5. The highest BCUT2D eigenvalue weighted by Crippen LogP contribution is 2.20. The van der Waals surface area contributed by atoms with Crippen LogP contribution >= 0.6 is 11.6 Å². The van der Waals surface area contributed by atoms with Crippen LogP contribution in [0.2, 0.25) is 5.02 Å². The maximum absolute atomic E-state index is 12.2. The van der Waals surface area contributed by atoms with Crippen molar-refractivity contribution in [3.63, 3.8) is 0 Å². The van der Waals surface area contributed by atoms with Crippen molar-refractivity contribution in [2.24, 2.45) is 0 Å². The maximum atomic E-state index is 12.2. The molecular formula is C12H14ClN5O. The Morgan fingerprint density at radius 3 is 2.84 bits per heavy atom. The molecule has 19 heavy (non-hydrogen) atoms. The number of hydrogen-bond acceptors (Lipinski definition) is 4. The Bertz CT molecular complexity index is 610. The van der Waals surface area contributed by atoms with Gasteiger partial charge in [-0.05, 0) is 25.1 Å². The van der Waals surface area contributed by atoms with E-state index in [1.807, 2.05) is 0 Å². The van der Waals surface area contributed by atoms with E-state index in [1.54, 1.807) is 32.2 Å². The highest BCUT2D eigenvalue weighted by molar-refractivity contribution is 6.33. The minimum atomic E-state index is -0.161. The smallest absolute Gasteiger partial charge is 0.254 e. The third-order valence-electron chi connectivity index (χ3n) is 2.61. The molecule has 0 radical (unpaired) electrons. The van der Waals surface area contributed by atoms with Crippen molar-refractivity contribution >= 4 is 23.2 Å². The number of benzene rings is 1. The van der Waals surface area contributed by atoms with Gasteiger partial charge in [0.15, 0.2) is 5.82 Å². The largest absolute Gasteiger partial charge is 0.398 e. The molecule has 1 amide bonds. The van der Waals surface area contributed by atoms with E-state index >= 15 is 0 Å². The number of nitrogens with one attached hydrogen (secondary N) is 1. The van der Waals surface area contributed by atoms with Gasteiger partial charge in [0.1, 0.15) is 5.82 Å². The standard InChI is InChI=1S/C12H14ClN5O/c1-7-15-11(17-16-7)6-18(2)12(19)8-3-4-9(13)10(14)5-8/h3-5H,6,14H2,1-2H3,(H,15,16,17). The number of aryl methyl sites for hydroxylation is 1. The van der Waals surface area contributed by atoms with Crippen LogP contribution in [0.25, 0.3) is 0 Å². The zero-order chi connectivity index (χ0) is 14.0. The molecule has 0 atom stereocenters. The highest BCUT2D eigenvalue weighted by Gasteiger charge is 2.14. The number of carbonyl (C=O) groups excluding carboxylic acids is 1. The number of nitrogens with zero attached hydrogens (tertiary/aromatic N) is 3. The molecule has 2 rings (SSSR count). The first kappa shape index (κ1) is 13.4. The summed E-state index contributed by atoms with van der Waals surface area (Å²) in [6, 6.07) is 4.81. The molecule has 100 valence electrons. The molecule has 0 unspecified atom stereocenters. The molecule has 0 saturated carbocycles. The minimum Gasteiger partial charge on any atom is -0.398 e. The van der Waals surface area contributed by atoms with Crippen LogP contribution in [-0.2, 0) is 6.54 Å². The number of rotatable bonds is 3. The highest BCUT2D eigenvalue weighted by atomic mass is 35.5. The molecule has 0 aliphatic carbocycles. The molecule has 0 aliphatic rings. The summed E-state index contributed by atoms with van der Waals surface area (Å²) in [7, 11) is 1.68. The summed E-state index contributed by atoms with van der Waals surface area (Å²) in [4.78, 5) is 17.9. The van der Waals surface area contributed by atoms with Gasteiger partial charge in [-0.2, -0.15) is 5.10 Å². The fourth-order valence-electron chi connectivity index (χ4n) is 1.64. The third kappa shape index (κ3) is 3.03. The van der Waals surface area contributed by atoms with Crippen LogP contribution in [0.3, 0.4) is 0 Å². The molecule has 0 bridgehead atoms. The van der Waals surface area contributed by atoms with E-state index in [9.17, 15) is 4.79 Å². The zero-order valence-corrected chi connectivity index (χ0v) is 11.4. The van der Waals surface area contributed by atoms with Gasteiger partial charge in [0, 0.05) is 12.6 Å². The second-order valence-corrected chi connectivity index (χ2v) is 4.64. The average Bonchev–Trinajstić information content (AvgIpc) is 2.77. The summed E-state index contributed by atoms with van der Waals surface area (Å²) in [5, 5.41) is 7.15. The first-order valence-electron chi connectivity index (χ1n) is 5.65. The lowest BCUT2D eigenvalue weighted by atomic mass is 10.2. The molecule has 0 fully saturated rings. The van der Waals surface area contributed by atoms with E-state index in [1.165, 1.54) is 4.90 Å². The van der Waals surface area contributed by atoms with Crippen LogP contribution in [0, 0.1) is 6.92 Å². The monoisotopic (exact) mass is 279 g/mol. The van der Waals surface area contributed by atoms with Crippen molar-refractivity contribution in [3.8, 4) is 0 Å². The van der Waals surface area contributed by atoms with Gasteiger partial charge in [-0.15, -0.1) is 0 Å². The van der Waals surface area contributed by atoms with Crippen LogP contribution in [0.4, 0.5) is 5.69 Å². The Labute approximate surface area is 115 Å². The fraction of sp³-hybridized carbons (Fsp3) is 0.250. The van der Waals surface area contributed by atoms with E-state index in [-0.39, 0.29) is 5.91 Å². The second kappa shape index (κ2) is 5.27. The minimum absolute atomic E-state index is 0.161. The van der Waals surface area contributed by atoms with Crippen molar-refractivity contribution in [2.45, 2.75) is 13.5 Å². The molecule has 2 aromatic rings. The number of hydrogen-bond donors (Lipinski definition) is 2. The number of aromatic amines is 1. The van der Waals surface area contributed by atoms with Gasteiger partial charge < -0.3 is 10.6 Å². The van der Waals surface area contributed by atoms with Gasteiger partial charge >= 0.3 is 0 Å². The first-order chi connectivity index (χ1) is 8.97. The lowest BCUT2D eigenvalue weighted by molar-refractivity contribution is 0.0781. The summed E-state index contributed by atoms with van der Waals surface area (Å²) in [5.74, 6) is 1.12. The predicted molar refractivity (Wildman–Crippen MR) is 72.8 cm³/mol. The second-order valence-electron chi connectivity index (χ2n) is 4.23. The van der Waals surface area contributed by atoms with Gasteiger partial charge in [0.2, 0.25) is 0 Å². The van der Waals surface area contributed by atoms with Crippen molar-refractivity contribution in [1.29, 1.82) is 0 Å². The zero-order valence-electron chi connectivity index (χ0n) is 10.6. The first-order valence-corrected chi connectivity index (χ1v) is 6.03. The van der Waals surface area contributed by atoms with Gasteiger partial charge in [0.05, 0.1) is 17.3 Å². The number of halogens is 1. The SMILES string of the molecule is Cc1nc(CN(C)C(=O)c2ccc(Cl)c(N)c2)n[nH]1. The fourth-order valence-corrected chi connectivity index (χ4v) is 1.76. The van der Waals surface area contributed by atoms with Gasteiger partial charge in [0.25, 0.3) is 5.91 Å². The predicted octanol–water partition coefficient (Wildman–Crippen LogP) is 1.62. The van der Waals surface area contributed by atoms with Crippen LogP contribution in [0.15, 0.2) is 18.2 Å². The number of H-pyrrole nitrogens is 1. The van der Waals surface area contributed by atoms with Gasteiger partial charge in [-0.3, -0.25) is 9.89 Å². The summed E-state index contributed by atoms with van der Waals surface area (Å²) in [6.45, 7) is 2.13. The lowest BCUT2D eigenvalue weighted by Crippen LogP contribution is -2.26. The number of aromatic nitrogens is 3. The average molecular weight is 280 g/mol. The molecule has 7 heteroatoms. The molecule has 6 nitrogen and oxygen atoms in total. The van der Waals surface area contributed by atoms with Gasteiger partial charge in [-0.25, -0.2) is 4.98 Å². The molecule has 3 N–H and O–H groups in total. The quantitative estimate of drug-likeness (QED) is 0.836. The van der Waals surface area contributed by atoms with E-state index in [2.05, 4.69) is 15.2 Å². The summed E-state index contributed by atoms with van der Waals surface area (Å²) in [6.07, 6.45) is 0. The maximum Gasteiger partial charge on any atom is 0.254 e. The van der Waals surface area contributed by atoms with Crippen LogP contribution in [-0.4, -0.2) is 33.0 Å². The Kier molecular flexibility index (Phi) is 3.71. The molecule has 1 heterocycles. The molecule has 1 aromatic heterocycles. The lowest BCUT2D eigenvalue weighted by Gasteiger charge is -2.15. The Morgan fingerprint density at radius 2 is 2.26 bits per heavy atom. The number of nitrogens with two attached hydrogens (primary N) is 1. The van der Waals surface area contributed by atoms with E-state index in [0.717, 1.165) is 0 Å². The molecule has 0 aliphatic heterocycles. The topological polar surface area (TPSA) is 87.9 Å². The molecular weight excluding hydrogens is 266 g/mol. The Hall–Kier alpha value is -2.08. The van der Waals surface area contributed by atoms with Gasteiger partial charge in [-0.1, -0.05) is 11.6 Å². The molecule has 0 saturated heterocycles. The Morgan fingerprint density at radius 1 is 1.53 bits per heavy atom. The van der Waals surface area contributed by atoms with E-state index in [0.29, 0.717) is 34.5 Å². The van der Waals surface area contributed by atoms with Crippen LogP contribution < -0.4 is 5.73 Å². The van der Waals surface area contributed by atoms with E-state index in [4.69, 9.17) is 17.3 Å². The van der Waals surface area contributed by atoms with Crippen molar-refractivity contribution in [3.05, 3.63) is 40.4 Å². The van der Waals surface area contributed by atoms with E-state index < -0.39 is 0 Å². The van der Waals surface area contributed by atoms with Crippen molar-refractivity contribution in [2.75, 3.05) is 12.8 Å². The number of nitrogen functional groups attached to an aromatic ring is 1. The molecule has 1 aromatic carbocycles. The summed E-state index contributed by atoms with van der Waals surface area (Å²) >= 11 is 5.82. The van der Waals surface area contributed by atoms with Crippen molar-refractivity contribution < 1.29 is 4.79 Å². The van der Waals surface area contributed by atoms with Crippen LogP contribution in [0.1, 0.15) is 22.0 Å². The van der Waals surface area contributed by atoms with Crippen molar-refractivity contribution in [1.82, 2.24) is 20.1 Å². The molecule has 0 spiro atoms. The summed E-state index contributed by atoms with van der Waals surface area (Å²) in [5.41, 5.74) is 6.55. The number of carbonyl (C=O) groups is 1. The van der Waals surface area contributed by atoms with Crippen LogP contribution in [0.5, 0.6) is 0 Å². The number of amides is 1. The Balaban J connectivity index is 2.12. The third-order valence-corrected chi connectivity index (χ3v) is 2.96. The number of anilines is 1.